The molecule has 0 spiro atoms. The molecule has 0 saturated heterocycles. The molecule has 0 aliphatic heterocycles. The predicted molar refractivity (Wildman–Crippen MR) is 101 cm³/mol. The van der Waals surface area contributed by atoms with Crippen molar-refractivity contribution in [2.24, 2.45) is 0 Å². The third-order valence-corrected chi connectivity index (χ3v) is 4.20. The Bertz CT molecular complexity index is 882. The molecule has 1 N–H and O–H groups in total. The topological polar surface area (TPSA) is 58.1 Å². The van der Waals surface area contributed by atoms with Crippen molar-refractivity contribution in [1.29, 1.82) is 0 Å². The molecule has 0 unspecified atom stereocenters. The minimum absolute atomic E-state index is 0.212. The molecule has 0 saturated carbocycles. The maximum atomic E-state index is 12.5. The van der Waals surface area contributed by atoms with Crippen LogP contribution in [0.1, 0.15) is 10.5 Å². The van der Waals surface area contributed by atoms with Gasteiger partial charge < -0.3 is 10.2 Å². The van der Waals surface area contributed by atoms with Crippen molar-refractivity contribution in [3.63, 3.8) is 0 Å². The molecular weight excluding hydrogens is 359 g/mol. The molecule has 1 heterocycles. The van der Waals surface area contributed by atoms with Gasteiger partial charge in [0.2, 0.25) is 0 Å². The SMILES string of the molecule is CN(c1ccccc1)c1cc(C(=O)Nc2c(Cl)cccc2Cl)ncn1. The number of amides is 1. The second-order valence-corrected chi connectivity index (χ2v) is 6.02. The number of para-hydroxylation sites is 2. The largest absolute Gasteiger partial charge is 0.329 e. The Kier molecular flexibility index (Phi) is 5.16. The Balaban J connectivity index is 1.85. The van der Waals surface area contributed by atoms with Crippen LogP contribution in [0.4, 0.5) is 17.2 Å². The first-order valence-electron chi connectivity index (χ1n) is 7.42. The first-order valence-corrected chi connectivity index (χ1v) is 8.18. The summed E-state index contributed by atoms with van der Waals surface area (Å²) in [6.45, 7) is 0. The van der Waals surface area contributed by atoms with Crippen LogP contribution in [0.5, 0.6) is 0 Å². The highest BCUT2D eigenvalue weighted by molar-refractivity contribution is 6.40. The number of hydrogen-bond donors (Lipinski definition) is 1. The lowest BCUT2D eigenvalue weighted by molar-refractivity contribution is 0.102. The molecule has 3 rings (SSSR count). The van der Waals surface area contributed by atoms with Gasteiger partial charge in [-0.15, -0.1) is 0 Å². The number of carbonyl (C=O) groups is 1. The van der Waals surface area contributed by atoms with Gasteiger partial charge >= 0.3 is 0 Å². The molecule has 0 fully saturated rings. The summed E-state index contributed by atoms with van der Waals surface area (Å²) in [5.74, 6) is 0.178. The number of nitrogens with one attached hydrogen (secondary N) is 1. The standard InChI is InChI=1S/C18H14Cl2N4O/c1-24(12-6-3-2-4-7-12)16-10-15(21-11-22-16)18(25)23-17-13(19)8-5-9-14(17)20/h2-11H,1H3,(H,23,25). The van der Waals surface area contributed by atoms with Crippen LogP contribution in [0.2, 0.25) is 10.0 Å². The van der Waals surface area contributed by atoms with E-state index in [1.165, 1.54) is 6.33 Å². The van der Waals surface area contributed by atoms with Crippen molar-refractivity contribution < 1.29 is 4.79 Å². The maximum Gasteiger partial charge on any atom is 0.274 e. The van der Waals surface area contributed by atoms with Crippen LogP contribution in [0.15, 0.2) is 60.9 Å². The summed E-state index contributed by atoms with van der Waals surface area (Å²) in [6, 6.07) is 16.3. The van der Waals surface area contributed by atoms with Gasteiger partial charge in [-0.3, -0.25) is 4.79 Å². The van der Waals surface area contributed by atoms with Gasteiger partial charge in [-0.25, -0.2) is 9.97 Å². The average molecular weight is 373 g/mol. The number of nitrogens with zero attached hydrogens (tertiary/aromatic N) is 3. The van der Waals surface area contributed by atoms with E-state index < -0.39 is 5.91 Å². The van der Waals surface area contributed by atoms with Crippen molar-refractivity contribution in [2.45, 2.75) is 0 Å². The van der Waals surface area contributed by atoms with Crippen molar-refractivity contribution >= 4 is 46.3 Å². The molecule has 0 atom stereocenters. The zero-order valence-corrected chi connectivity index (χ0v) is 14.8. The fraction of sp³-hybridized carbons (Fsp3) is 0.0556. The molecule has 0 radical (unpaired) electrons. The van der Waals surface area contributed by atoms with Crippen molar-refractivity contribution in [1.82, 2.24) is 9.97 Å². The minimum Gasteiger partial charge on any atom is -0.329 e. The summed E-state index contributed by atoms with van der Waals surface area (Å²) in [5.41, 5.74) is 1.51. The molecule has 5 nitrogen and oxygen atoms in total. The third-order valence-electron chi connectivity index (χ3n) is 3.57. The number of rotatable bonds is 4. The van der Waals surface area contributed by atoms with Gasteiger partial charge in [0.25, 0.3) is 5.91 Å². The van der Waals surface area contributed by atoms with Gasteiger partial charge in [0, 0.05) is 18.8 Å². The summed E-state index contributed by atoms with van der Waals surface area (Å²) in [4.78, 5) is 22.6. The van der Waals surface area contributed by atoms with E-state index in [0.29, 0.717) is 21.6 Å². The van der Waals surface area contributed by atoms with Crippen molar-refractivity contribution in [3.8, 4) is 0 Å². The monoisotopic (exact) mass is 372 g/mol. The molecular formula is C18H14Cl2N4O. The Labute approximate surface area is 155 Å². The van der Waals surface area contributed by atoms with E-state index in [2.05, 4.69) is 15.3 Å². The van der Waals surface area contributed by atoms with E-state index in [1.54, 1.807) is 24.3 Å². The van der Waals surface area contributed by atoms with E-state index >= 15 is 0 Å². The molecule has 7 heteroatoms. The van der Waals surface area contributed by atoms with Crippen LogP contribution in [-0.4, -0.2) is 22.9 Å². The van der Waals surface area contributed by atoms with Crippen molar-refractivity contribution in [3.05, 3.63) is 76.7 Å². The third kappa shape index (κ3) is 3.90. The van der Waals surface area contributed by atoms with E-state index in [0.717, 1.165) is 5.69 Å². The fourth-order valence-corrected chi connectivity index (χ4v) is 2.73. The highest BCUT2D eigenvalue weighted by atomic mass is 35.5. The summed E-state index contributed by atoms with van der Waals surface area (Å²) < 4.78 is 0. The van der Waals surface area contributed by atoms with E-state index in [1.807, 2.05) is 42.3 Å². The number of hydrogen-bond acceptors (Lipinski definition) is 4. The van der Waals surface area contributed by atoms with Crippen molar-refractivity contribution in [2.75, 3.05) is 17.3 Å². The molecule has 126 valence electrons. The first kappa shape index (κ1) is 17.2. The van der Waals surface area contributed by atoms with Crippen LogP contribution in [0.25, 0.3) is 0 Å². The van der Waals surface area contributed by atoms with Crippen LogP contribution in [-0.2, 0) is 0 Å². The van der Waals surface area contributed by atoms with Gasteiger partial charge in [-0.05, 0) is 24.3 Å². The Morgan fingerprint density at radius 2 is 1.68 bits per heavy atom. The van der Waals surface area contributed by atoms with Crippen LogP contribution in [0.3, 0.4) is 0 Å². The maximum absolute atomic E-state index is 12.5. The summed E-state index contributed by atoms with van der Waals surface area (Å²) in [6.07, 6.45) is 1.35. The molecule has 25 heavy (non-hydrogen) atoms. The number of aromatic nitrogens is 2. The summed E-state index contributed by atoms with van der Waals surface area (Å²) >= 11 is 12.2. The Hall–Kier alpha value is -2.63. The highest BCUT2D eigenvalue weighted by Crippen LogP contribution is 2.30. The number of benzene rings is 2. The van der Waals surface area contributed by atoms with E-state index in [4.69, 9.17) is 23.2 Å². The second kappa shape index (κ2) is 7.51. The van der Waals surface area contributed by atoms with Gasteiger partial charge in [-0.2, -0.15) is 0 Å². The molecule has 1 aromatic heterocycles. The normalized spacial score (nSPS) is 10.4. The molecule has 1 amide bonds. The summed E-state index contributed by atoms with van der Waals surface area (Å²) in [7, 11) is 1.87. The zero-order chi connectivity index (χ0) is 17.8. The fourth-order valence-electron chi connectivity index (χ4n) is 2.23. The Morgan fingerprint density at radius 3 is 2.36 bits per heavy atom. The minimum atomic E-state index is -0.417. The van der Waals surface area contributed by atoms with Crippen LogP contribution >= 0.6 is 23.2 Å². The predicted octanol–water partition coefficient (Wildman–Crippen LogP) is 4.80. The highest BCUT2D eigenvalue weighted by Gasteiger charge is 2.15. The number of carbonyl (C=O) groups excluding carboxylic acids is 1. The quantitative estimate of drug-likeness (QED) is 0.714. The van der Waals surface area contributed by atoms with Crippen LogP contribution in [0, 0.1) is 0 Å². The first-order chi connectivity index (χ1) is 12.1. The van der Waals surface area contributed by atoms with Gasteiger partial charge in [0.1, 0.15) is 17.8 Å². The van der Waals surface area contributed by atoms with Crippen LogP contribution < -0.4 is 10.2 Å². The number of anilines is 3. The van der Waals surface area contributed by atoms with Gasteiger partial charge in [0.05, 0.1) is 15.7 Å². The smallest absolute Gasteiger partial charge is 0.274 e. The molecule has 2 aromatic carbocycles. The Morgan fingerprint density at radius 1 is 1.00 bits per heavy atom. The van der Waals surface area contributed by atoms with E-state index in [-0.39, 0.29) is 5.69 Å². The average Bonchev–Trinajstić information content (AvgIpc) is 2.65. The number of halogens is 2. The van der Waals surface area contributed by atoms with Gasteiger partial charge in [0.15, 0.2) is 0 Å². The molecule has 0 aliphatic carbocycles. The lowest BCUT2D eigenvalue weighted by Gasteiger charge is -2.18. The molecule has 3 aromatic rings. The second-order valence-electron chi connectivity index (χ2n) is 5.21. The van der Waals surface area contributed by atoms with Gasteiger partial charge in [-0.1, -0.05) is 47.5 Å². The zero-order valence-electron chi connectivity index (χ0n) is 13.3. The lowest BCUT2D eigenvalue weighted by Crippen LogP contribution is -2.17. The lowest BCUT2D eigenvalue weighted by atomic mass is 10.2. The summed E-state index contributed by atoms with van der Waals surface area (Å²) in [5, 5.41) is 3.40. The molecule has 0 aliphatic rings. The molecule has 0 bridgehead atoms. The van der Waals surface area contributed by atoms with E-state index in [9.17, 15) is 4.79 Å².